The van der Waals surface area contributed by atoms with Gasteiger partial charge in [0, 0.05) is 13.0 Å². The van der Waals surface area contributed by atoms with E-state index in [1.807, 2.05) is 6.07 Å². The van der Waals surface area contributed by atoms with Crippen molar-refractivity contribution in [1.82, 2.24) is 15.0 Å². The molecule has 7 heteroatoms. The molecule has 1 aliphatic heterocycles. The van der Waals surface area contributed by atoms with Gasteiger partial charge < -0.3 is 9.26 Å². The zero-order valence-electron chi connectivity index (χ0n) is 16.1. The van der Waals surface area contributed by atoms with Crippen molar-refractivity contribution >= 4 is 0 Å². The van der Waals surface area contributed by atoms with E-state index in [1.165, 1.54) is 18.2 Å². The predicted octanol–water partition coefficient (Wildman–Crippen LogP) is 4.70. The molecule has 0 N–H and O–H groups in total. The Kier molecular flexibility index (Phi) is 6.14. The van der Waals surface area contributed by atoms with E-state index >= 15 is 0 Å². The molecule has 5 nitrogen and oxygen atoms in total. The maximum Gasteiger partial charge on any atom is 0.244 e. The SMILES string of the molecule is Fc1ccc(OCCc2noc(C3CCCCN3Cc3cccc(F)c3)n2)cc1. The molecule has 1 atom stereocenters. The largest absolute Gasteiger partial charge is 0.493 e. The Morgan fingerprint density at radius 2 is 1.93 bits per heavy atom. The highest BCUT2D eigenvalue weighted by Gasteiger charge is 2.28. The third kappa shape index (κ3) is 5.17. The van der Waals surface area contributed by atoms with E-state index in [1.54, 1.807) is 24.3 Å². The van der Waals surface area contributed by atoms with Crippen LogP contribution in [0.5, 0.6) is 5.75 Å². The molecule has 4 rings (SSSR count). The highest BCUT2D eigenvalue weighted by atomic mass is 19.1. The topological polar surface area (TPSA) is 51.4 Å². The summed E-state index contributed by atoms with van der Waals surface area (Å²) < 4.78 is 37.6. The predicted molar refractivity (Wildman–Crippen MR) is 103 cm³/mol. The third-order valence-electron chi connectivity index (χ3n) is 5.07. The van der Waals surface area contributed by atoms with Crippen LogP contribution in [-0.4, -0.2) is 28.2 Å². The summed E-state index contributed by atoms with van der Waals surface area (Å²) in [6, 6.07) is 12.6. The highest BCUT2D eigenvalue weighted by molar-refractivity contribution is 5.22. The fourth-order valence-corrected chi connectivity index (χ4v) is 3.63. The first-order chi connectivity index (χ1) is 14.2. The van der Waals surface area contributed by atoms with Crippen LogP contribution in [-0.2, 0) is 13.0 Å². The van der Waals surface area contributed by atoms with Gasteiger partial charge in [0.05, 0.1) is 12.6 Å². The van der Waals surface area contributed by atoms with Crippen LogP contribution in [0.2, 0.25) is 0 Å². The van der Waals surface area contributed by atoms with Gasteiger partial charge in [0.25, 0.3) is 0 Å². The van der Waals surface area contributed by atoms with Crippen LogP contribution in [0.4, 0.5) is 8.78 Å². The molecule has 1 fully saturated rings. The number of aromatic nitrogens is 2. The Morgan fingerprint density at radius 3 is 2.76 bits per heavy atom. The summed E-state index contributed by atoms with van der Waals surface area (Å²) in [5.41, 5.74) is 0.935. The lowest BCUT2D eigenvalue weighted by molar-refractivity contribution is 0.111. The molecule has 152 valence electrons. The lowest BCUT2D eigenvalue weighted by atomic mass is 10.0. The first-order valence-electron chi connectivity index (χ1n) is 9.87. The average Bonchev–Trinajstić information content (AvgIpc) is 3.19. The normalized spacial score (nSPS) is 17.4. The molecule has 29 heavy (non-hydrogen) atoms. The Labute approximate surface area is 168 Å². The molecule has 3 aromatic rings. The van der Waals surface area contributed by atoms with E-state index in [9.17, 15) is 8.78 Å². The molecule has 2 aromatic carbocycles. The highest BCUT2D eigenvalue weighted by Crippen LogP contribution is 2.31. The molecule has 1 aromatic heterocycles. The second-order valence-electron chi connectivity index (χ2n) is 7.21. The van der Waals surface area contributed by atoms with E-state index in [4.69, 9.17) is 9.26 Å². The molecule has 0 saturated carbocycles. The number of hydrogen-bond donors (Lipinski definition) is 0. The summed E-state index contributed by atoms with van der Waals surface area (Å²) in [7, 11) is 0. The van der Waals surface area contributed by atoms with Gasteiger partial charge in [0.1, 0.15) is 17.4 Å². The van der Waals surface area contributed by atoms with E-state index in [0.29, 0.717) is 37.0 Å². The number of ether oxygens (including phenoxy) is 1. The Morgan fingerprint density at radius 1 is 1.07 bits per heavy atom. The molecule has 2 heterocycles. The third-order valence-corrected chi connectivity index (χ3v) is 5.07. The van der Waals surface area contributed by atoms with Crippen LogP contribution in [0.25, 0.3) is 0 Å². The quantitative estimate of drug-likeness (QED) is 0.577. The Balaban J connectivity index is 1.36. The first kappa shape index (κ1) is 19.5. The van der Waals surface area contributed by atoms with Crippen LogP contribution in [0.1, 0.15) is 42.6 Å². The summed E-state index contributed by atoms with van der Waals surface area (Å²) in [6.07, 6.45) is 3.62. The van der Waals surface area contributed by atoms with Crippen LogP contribution in [0.15, 0.2) is 53.1 Å². The first-order valence-corrected chi connectivity index (χ1v) is 9.87. The minimum absolute atomic E-state index is 0.0336. The molecule has 0 radical (unpaired) electrons. The van der Waals surface area contributed by atoms with E-state index in [2.05, 4.69) is 15.0 Å². The van der Waals surface area contributed by atoms with Crippen molar-refractivity contribution in [2.75, 3.05) is 13.2 Å². The summed E-state index contributed by atoms with van der Waals surface area (Å²) >= 11 is 0. The van der Waals surface area contributed by atoms with Gasteiger partial charge in [0.15, 0.2) is 5.82 Å². The maximum absolute atomic E-state index is 13.5. The molecular formula is C22H23F2N3O2. The zero-order chi connectivity index (χ0) is 20.1. The van der Waals surface area contributed by atoms with Crippen molar-refractivity contribution in [2.45, 2.75) is 38.3 Å². The smallest absolute Gasteiger partial charge is 0.244 e. The molecule has 1 saturated heterocycles. The van der Waals surface area contributed by atoms with Gasteiger partial charge in [-0.2, -0.15) is 4.98 Å². The molecular weight excluding hydrogens is 376 g/mol. The molecule has 0 amide bonds. The number of hydrogen-bond acceptors (Lipinski definition) is 5. The number of benzene rings is 2. The Hall–Kier alpha value is -2.80. The van der Waals surface area contributed by atoms with E-state index in [0.717, 1.165) is 31.4 Å². The Bertz CT molecular complexity index is 930. The van der Waals surface area contributed by atoms with Crippen LogP contribution >= 0.6 is 0 Å². The van der Waals surface area contributed by atoms with Gasteiger partial charge in [-0.1, -0.05) is 23.7 Å². The van der Waals surface area contributed by atoms with E-state index < -0.39 is 0 Å². The second kappa shape index (κ2) is 9.13. The van der Waals surface area contributed by atoms with E-state index in [-0.39, 0.29) is 17.7 Å². The minimum atomic E-state index is -0.296. The fraction of sp³-hybridized carbons (Fsp3) is 0.364. The van der Waals surface area contributed by atoms with Crippen LogP contribution < -0.4 is 4.74 Å². The minimum Gasteiger partial charge on any atom is -0.493 e. The summed E-state index contributed by atoms with van der Waals surface area (Å²) in [5.74, 6) is 1.26. The number of rotatable bonds is 7. The van der Waals surface area contributed by atoms with Crippen molar-refractivity contribution in [2.24, 2.45) is 0 Å². The molecule has 0 bridgehead atoms. The van der Waals surface area contributed by atoms with Gasteiger partial charge in [-0.3, -0.25) is 4.90 Å². The van der Waals surface area contributed by atoms with Crippen molar-refractivity contribution in [3.05, 3.63) is 77.4 Å². The molecule has 1 aliphatic rings. The summed E-state index contributed by atoms with van der Waals surface area (Å²) in [5, 5.41) is 4.08. The molecule has 1 unspecified atom stereocenters. The monoisotopic (exact) mass is 399 g/mol. The number of likely N-dealkylation sites (tertiary alicyclic amines) is 1. The molecule has 0 spiro atoms. The van der Waals surface area contributed by atoms with Crippen molar-refractivity contribution in [3.63, 3.8) is 0 Å². The number of halogens is 2. The second-order valence-corrected chi connectivity index (χ2v) is 7.21. The van der Waals surface area contributed by atoms with Gasteiger partial charge >= 0.3 is 0 Å². The fourth-order valence-electron chi connectivity index (χ4n) is 3.63. The summed E-state index contributed by atoms with van der Waals surface area (Å²) in [6.45, 7) is 1.93. The summed E-state index contributed by atoms with van der Waals surface area (Å²) in [4.78, 5) is 6.82. The van der Waals surface area contributed by atoms with Crippen molar-refractivity contribution < 1.29 is 18.0 Å². The van der Waals surface area contributed by atoms with Gasteiger partial charge in [-0.15, -0.1) is 0 Å². The van der Waals surface area contributed by atoms with Crippen molar-refractivity contribution in [3.8, 4) is 5.75 Å². The number of nitrogens with zero attached hydrogens (tertiary/aromatic N) is 3. The number of piperidine rings is 1. The van der Waals surface area contributed by atoms with Crippen LogP contribution in [0, 0.1) is 11.6 Å². The average molecular weight is 399 g/mol. The van der Waals surface area contributed by atoms with Crippen LogP contribution in [0.3, 0.4) is 0 Å². The lowest BCUT2D eigenvalue weighted by Crippen LogP contribution is -2.33. The van der Waals surface area contributed by atoms with Crippen molar-refractivity contribution in [1.29, 1.82) is 0 Å². The lowest BCUT2D eigenvalue weighted by Gasteiger charge is -2.33. The van der Waals surface area contributed by atoms with Gasteiger partial charge in [-0.25, -0.2) is 8.78 Å². The molecule has 0 aliphatic carbocycles. The van der Waals surface area contributed by atoms with Gasteiger partial charge in [0.2, 0.25) is 5.89 Å². The van der Waals surface area contributed by atoms with Gasteiger partial charge in [-0.05, 0) is 61.3 Å². The zero-order valence-corrected chi connectivity index (χ0v) is 16.1. The standard InChI is InChI=1S/C22H23F2N3O2/c23-17-7-9-19(10-8-17)28-13-11-21-25-22(29-26-21)20-6-1-2-12-27(20)15-16-4-3-5-18(24)14-16/h3-5,7-10,14,20H,1-2,6,11-13,15H2. The maximum atomic E-state index is 13.5.